The maximum Gasteiger partial charge on any atom is 0.311 e. The van der Waals surface area contributed by atoms with Gasteiger partial charge in [0.25, 0.3) is 0 Å². The number of carboxylic acids is 1. The molecule has 1 aromatic heterocycles. The molecule has 1 rings (SSSR count). The normalized spacial score (nSPS) is 14.9. The molecule has 0 aromatic carbocycles. The summed E-state index contributed by atoms with van der Waals surface area (Å²) in [5.74, 6) is -0.852. The molecule has 0 aliphatic carbocycles. The average Bonchev–Trinajstić information content (AvgIpc) is 2.53. The zero-order valence-corrected chi connectivity index (χ0v) is 11.6. The predicted octanol–water partition coefficient (Wildman–Crippen LogP) is 1.99. The van der Waals surface area contributed by atoms with E-state index < -0.39 is 11.4 Å². The topological polar surface area (TPSA) is 76.2 Å². The lowest BCUT2D eigenvalue weighted by molar-refractivity contribution is -0.151. The van der Waals surface area contributed by atoms with Crippen LogP contribution in [0, 0.1) is 25.2 Å². The first kappa shape index (κ1) is 14.1. The van der Waals surface area contributed by atoms with E-state index in [9.17, 15) is 9.90 Å². The van der Waals surface area contributed by atoms with Crippen LogP contribution in [-0.2, 0) is 11.2 Å². The summed E-state index contributed by atoms with van der Waals surface area (Å²) < 4.78 is 0. The summed E-state index contributed by atoms with van der Waals surface area (Å²) in [4.78, 5) is 17.0. The van der Waals surface area contributed by atoms with Crippen molar-refractivity contribution in [3.8, 4) is 0 Å². The summed E-state index contributed by atoms with van der Waals surface area (Å²) in [6, 6.07) is 0. The van der Waals surface area contributed by atoms with E-state index in [0.29, 0.717) is 6.42 Å². The van der Waals surface area contributed by atoms with Gasteiger partial charge >= 0.3 is 5.97 Å². The minimum atomic E-state index is -0.906. The summed E-state index contributed by atoms with van der Waals surface area (Å²) in [6.45, 7) is 7.87. The molecule has 0 saturated heterocycles. The number of nitrogens with two attached hydrogens (primary N) is 1. The van der Waals surface area contributed by atoms with Crippen molar-refractivity contribution in [2.45, 2.75) is 34.1 Å². The predicted molar refractivity (Wildman–Crippen MR) is 69.3 cm³/mol. The molecule has 1 unspecified atom stereocenters. The highest BCUT2D eigenvalue weighted by Gasteiger charge is 2.41. The van der Waals surface area contributed by atoms with Crippen LogP contribution in [0.5, 0.6) is 0 Å². The molecule has 0 amide bonds. The van der Waals surface area contributed by atoms with Gasteiger partial charge in [0.15, 0.2) is 0 Å². The fourth-order valence-corrected chi connectivity index (χ4v) is 2.87. The lowest BCUT2D eigenvalue weighted by atomic mass is 9.74. The lowest BCUT2D eigenvalue weighted by Crippen LogP contribution is -2.45. The third-order valence-electron chi connectivity index (χ3n) is 3.43. The van der Waals surface area contributed by atoms with Crippen LogP contribution in [0.4, 0.5) is 0 Å². The van der Waals surface area contributed by atoms with E-state index in [1.165, 1.54) is 0 Å². The van der Waals surface area contributed by atoms with Crippen LogP contribution in [0.2, 0.25) is 0 Å². The first-order valence-electron chi connectivity index (χ1n) is 5.70. The molecule has 0 spiro atoms. The van der Waals surface area contributed by atoms with Crippen molar-refractivity contribution in [1.29, 1.82) is 0 Å². The highest BCUT2D eigenvalue weighted by molar-refractivity contribution is 7.11. The molecule has 0 radical (unpaired) electrons. The Labute approximate surface area is 106 Å². The monoisotopic (exact) mass is 256 g/mol. The maximum atomic E-state index is 11.5. The van der Waals surface area contributed by atoms with Crippen molar-refractivity contribution >= 4 is 17.3 Å². The van der Waals surface area contributed by atoms with Crippen molar-refractivity contribution in [3.05, 3.63) is 15.6 Å². The number of hydrogen-bond donors (Lipinski definition) is 2. The number of thiazole rings is 1. The average molecular weight is 256 g/mol. The molecule has 96 valence electrons. The molecule has 0 fully saturated rings. The minimum absolute atomic E-state index is 0.0190. The van der Waals surface area contributed by atoms with Gasteiger partial charge < -0.3 is 10.8 Å². The summed E-state index contributed by atoms with van der Waals surface area (Å²) in [5.41, 5.74) is 5.77. The Kier molecular flexibility index (Phi) is 4.27. The molecule has 0 saturated carbocycles. The van der Waals surface area contributed by atoms with E-state index in [-0.39, 0.29) is 12.5 Å². The van der Waals surface area contributed by atoms with Gasteiger partial charge in [-0.25, -0.2) is 4.98 Å². The summed E-state index contributed by atoms with van der Waals surface area (Å²) in [5, 5.41) is 10.3. The van der Waals surface area contributed by atoms with Gasteiger partial charge in [0, 0.05) is 17.8 Å². The zero-order chi connectivity index (χ0) is 13.2. The van der Waals surface area contributed by atoms with Gasteiger partial charge in [-0.1, -0.05) is 13.8 Å². The van der Waals surface area contributed by atoms with Crippen molar-refractivity contribution < 1.29 is 9.90 Å². The second-order valence-electron chi connectivity index (χ2n) is 4.75. The summed E-state index contributed by atoms with van der Waals surface area (Å²) >= 11 is 1.56. The quantitative estimate of drug-likeness (QED) is 0.844. The van der Waals surface area contributed by atoms with Crippen molar-refractivity contribution in [1.82, 2.24) is 4.98 Å². The van der Waals surface area contributed by atoms with E-state index in [2.05, 4.69) is 4.98 Å². The van der Waals surface area contributed by atoms with Gasteiger partial charge in [0.2, 0.25) is 0 Å². The molecule has 5 heteroatoms. The Balaban J connectivity index is 3.05. The van der Waals surface area contributed by atoms with Crippen molar-refractivity contribution in [2.24, 2.45) is 17.1 Å². The van der Waals surface area contributed by atoms with Crippen LogP contribution in [0.15, 0.2) is 0 Å². The first-order valence-corrected chi connectivity index (χ1v) is 6.51. The third kappa shape index (κ3) is 2.66. The van der Waals surface area contributed by atoms with Gasteiger partial charge in [-0.05, 0) is 19.8 Å². The highest BCUT2D eigenvalue weighted by atomic mass is 32.1. The molecule has 1 aromatic rings. The molecular formula is C12H20N2O2S. The molecule has 0 bridgehead atoms. The van der Waals surface area contributed by atoms with Crippen LogP contribution in [-0.4, -0.2) is 22.6 Å². The maximum absolute atomic E-state index is 11.5. The number of aryl methyl sites for hydroxylation is 2. The zero-order valence-electron chi connectivity index (χ0n) is 10.8. The van der Waals surface area contributed by atoms with Crippen molar-refractivity contribution in [3.63, 3.8) is 0 Å². The lowest BCUT2D eigenvalue weighted by Gasteiger charge is -2.31. The molecule has 4 nitrogen and oxygen atoms in total. The molecule has 1 atom stereocenters. The third-order valence-corrected chi connectivity index (χ3v) is 4.51. The number of nitrogens with zero attached hydrogens (tertiary/aromatic N) is 1. The number of aromatic nitrogens is 1. The Morgan fingerprint density at radius 3 is 2.41 bits per heavy atom. The van der Waals surface area contributed by atoms with E-state index in [4.69, 9.17) is 5.73 Å². The van der Waals surface area contributed by atoms with Crippen molar-refractivity contribution in [2.75, 3.05) is 6.54 Å². The van der Waals surface area contributed by atoms with Gasteiger partial charge in [0.1, 0.15) is 0 Å². The molecule has 3 N–H and O–H groups in total. The Morgan fingerprint density at radius 1 is 1.53 bits per heavy atom. The van der Waals surface area contributed by atoms with E-state index in [1.54, 1.807) is 11.3 Å². The van der Waals surface area contributed by atoms with Gasteiger partial charge in [-0.3, -0.25) is 4.79 Å². The van der Waals surface area contributed by atoms with E-state index in [1.807, 2.05) is 27.7 Å². The molecule has 17 heavy (non-hydrogen) atoms. The van der Waals surface area contributed by atoms with Crippen LogP contribution >= 0.6 is 11.3 Å². The largest absolute Gasteiger partial charge is 0.481 e. The van der Waals surface area contributed by atoms with Gasteiger partial charge in [0.05, 0.1) is 16.1 Å². The molecule has 0 aliphatic heterocycles. The minimum Gasteiger partial charge on any atom is -0.481 e. The van der Waals surface area contributed by atoms with E-state index in [0.717, 1.165) is 15.6 Å². The Bertz CT molecular complexity index is 395. The van der Waals surface area contributed by atoms with Crippen LogP contribution in [0.25, 0.3) is 0 Å². The summed E-state index contributed by atoms with van der Waals surface area (Å²) in [6.07, 6.45) is 0.413. The second-order valence-corrected chi connectivity index (χ2v) is 6.03. The number of hydrogen-bond acceptors (Lipinski definition) is 4. The molecule has 1 heterocycles. The van der Waals surface area contributed by atoms with Crippen LogP contribution in [0.1, 0.15) is 29.4 Å². The van der Waals surface area contributed by atoms with Crippen LogP contribution in [0.3, 0.4) is 0 Å². The van der Waals surface area contributed by atoms with Gasteiger partial charge in [-0.15, -0.1) is 11.3 Å². The van der Waals surface area contributed by atoms with Gasteiger partial charge in [-0.2, -0.15) is 0 Å². The summed E-state index contributed by atoms with van der Waals surface area (Å²) in [7, 11) is 0. The molecule has 0 aliphatic rings. The Morgan fingerprint density at radius 2 is 2.12 bits per heavy atom. The fraction of sp³-hybridized carbons (Fsp3) is 0.667. The smallest absolute Gasteiger partial charge is 0.311 e. The van der Waals surface area contributed by atoms with Crippen LogP contribution < -0.4 is 5.73 Å². The second kappa shape index (κ2) is 5.14. The Hall–Kier alpha value is -0.940. The first-order chi connectivity index (χ1) is 7.83. The standard InChI is InChI=1S/C12H20N2O2S/c1-7(2)12(6-13,11(15)16)5-10-14-8(3)9(4)17-10/h7H,5-6,13H2,1-4H3,(H,15,16). The number of aliphatic carboxylic acids is 1. The number of rotatable bonds is 5. The fourth-order valence-electron chi connectivity index (χ4n) is 1.81. The number of carboxylic acid groups (broad SMARTS) is 1. The number of carbonyl (C=O) groups is 1. The van der Waals surface area contributed by atoms with E-state index >= 15 is 0 Å². The SMILES string of the molecule is Cc1nc(CC(CN)(C(=O)O)C(C)C)sc1C. The highest BCUT2D eigenvalue weighted by Crippen LogP contribution is 2.33. The molecular weight excluding hydrogens is 236 g/mol.